The molecule has 3 aliphatic heterocycles. The maximum Gasteiger partial charge on any atom is 0.262 e. The van der Waals surface area contributed by atoms with Gasteiger partial charge >= 0.3 is 0 Å². The number of fused-ring (bicyclic) bond motifs is 1. The van der Waals surface area contributed by atoms with Gasteiger partial charge in [-0.2, -0.15) is 4.80 Å². The van der Waals surface area contributed by atoms with E-state index in [2.05, 4.69) is 73.0 Å². The SMILES string of the molecule is O=C1CCC(N2C(=O)c3ccc(N4CCN(CCCn5nnc(-c6ccc(/C=C(\CCc7ccc(O)cc7)c7ccccc7)cc6)n5)CC4)cc3C2=O)C(=O)N1. The van der Waals surface area contributed by atoms with Crippen LogP contribution in [-0.4, -0.2) is 97.5 Å². The van der Waals surface area contributed by atoms with E-state index in [4.69, 9.17) is 0 Å². The van der Waals surface area contributed by atoms with Crippen LogP contribution < -0.4 is 10.2 Å². The number of imide groups is 2. The minimum absolute atomic E-state index is 0.0887. The van der Waals surface area contributed by atoms with Crippen molar-refractivity contribution in [1.82, 2.24) is 35.3 Å². The highest BCUT2D eigenvalue weighted by Crippen LogP contribution is 2.31. The highest BCUT2D eigenvalue weighted by Gasteiger charge is 2.44. The summed E-state index contributed by atoms with van der Waals surface area (Å²) in [5, 5.41) is 25.2. The molecule has 13 heteroatoms. The van der Waals surface area contributed by atoms with Crippen molar-refractivity contribution in [2.45, 2.75) is 44.7 Å². The summed E-state index contributed by atoms with van der Waals surface area (Å²) in [6.45, 7) is 4.72. The Morgan fingerprint density at radius 2 is 1.57 bits per heavy atom. The molecule has 284 valence electrons. The van der Waals surface area contributed by atoms with Gasteiger partial charge in [-0.1, -0.05) is 72.8 Å². The Bertz CT molecular complexity index is 2280. The number of amides is 4. The molecule has 1 atom stereocenters. The third-order valence-electron chi connectivity index (χ3n) is 10.7. The van der Waals surface area contributed by atoms with E-state index in [0.717, 1.165) is 73.7 Å². The molecular weight excluding hydrogens is 709 g/mol. The summed E-state index contributed by atoms with van der Waals surface area (Å²) in [7, 11) is 0. The first-order valence-electron chi connectivity index (χ1n) is 19.0. The molecule has 4 aromatic carbocycles. The van der Waals surface area contributed by atoms with Gasteiger partial charge in [-0.15, -0.1) is 10.2 Å². The average molecular weight is 751 g/mol. The highest BCUT2D eigenvalue weighted by molar-refractivity contribution is 6.23. The number of allylic oxidation sites excluding steroid dienone is 1. The van der Waals surface area contributed by atoms with Crippen molar-refractivity contribution in [3.63, 3.8) is 0 Å². The van der Waals surface area contributed by atoms with Crippen molar-refractivity contribution in [1.29, 1.82) is 0 Å². The number of nitrogens with zero attached hydrogens (tertiary/aromatic N) is 7. The number of anilines is 1. The van der Waals surface area contributed by atoms with Crippen LogP contribution in [0.1, 0.15) is 63.1 Å². The molecule has 0 bridgehead atoms. The number of phenolic OH excluding ortho intramolecular Hbond substituents is 1. The third kappa shape index (κ3) is 7.98. The number of aromatic hydroxyl groups is 1. The van der Waals surface area contributed by atoms with Crippen molar-refractivity contribution < 1.29 is 24.3 Å². The largest absolute Gasteiger partial charge is 0.508 e. The number of phenols is 1. The minimum atomic E-state index is -0.977. The number of piperazine rings is 1. The zero-order chi connectivity index (χ0) is 38.6. The number of carbonyl (C=O) groups is 4. The van der Waals surface area contributed by atoms with Crippen molar-refractivity contribution >= 4 is 41.0 Å². The van der Waals surface area contributed by atoms with Crippen LogP contribution in [0.25, 0.3) is 23.0 Å². The van der Waals surface area contributed by atoms with Crippen LogP contribution >= 0.6 is 0 Å². The molecule has 1 unspecified atom stereocenters. The fourth-order valence-electron chi connectivity index (χ4n) is 7.60. The van der Waals surface area contributed by atoms with Gasteiger partial charge < -0.3 is 10.0 Å². The minimum Gasteiger partial charge on any atom is -0.508 e. The van der Waals surface area contributed by atoms with Crippen LogP contribution in [-0.2, 0) is 22.6 Å². The van der Waals surface area contributed by atoms with E-state index in [1.165, 1.54) is 16.7 Å². The van der Waals surface area contributed by atoms with Crippen molar-refractivity contribution in [3.8, 4) is 17.1 Å². The van der Waals surface area contributed by atoms with Gasteiger partial charge in [0.25, 0.3) is 11.8 Å². The number of hydrogen-bond donors (Lipinski definition) is 2. The van der Waals surface area contributed by atoms with E-state index in [-0.39, 0.29) is 24.2 Å². The lowest BCUT2D eigenvalue weighted by Crippen LogP contribution is -2.54. The maximum absolute atomic E-state index is 13.3. The lowest BCUT2D eigenvalue weighted by atomic mass is 9.96. The molecule has 2 N–H and O–H groups in total. The summed E-state index contributed by atoms with van der Waals surface area (Å²) in [5.74, 6) is -1.14. The zero-order valence-electron chi connectivity index (χ0n) is 30.9. The first-order valence-corrected chi connectivity index (χ1v) is 19.0. The number of benzene rings is 4. The second-order valence-electron chi connectivity index (χ2n) is 14.4. The number of nitrogens with one attached hydrogen (secondary N) is 1. The van der Waals surface area contributed by atoms with Gasteiger partial charge in [0, 0.05) is 50.4 Å². The third-order valence-corrected chi connectivity index (χ3v) is 10.7. The van der Waals surface area contributed by atoms with Gasteiger partial charge in [0.1, 0.15) is 11.8 Å². The van der Waals surface area contributed by atoms with Crippen LogP contribution in [0.3, 0.4) is 0 Å². The summed E-state index contributed by atoms with van der Waals surface area (Å²) in [6, 6.07) is 30.3. The van der Waals surface area contributed by atoms with E-state index < -0.39 is 29.7 Å². The predicted molar refractivity (Wildman–Crippen MR) is 210 cm³/mol. The summed E-state index contributed by atoms with van der Waals surface area (Å²) in [6.07, 6.45) is 5.02. The van der Waals surface area contributed by atoms with Crippen molar-refractivity contribution in [3.05, 3.63) is 125 Å². The van der Waals surface area contributed by atoms with Crippen LogP contribution in [0.2, 0.25) is 0 Å². The topological polar surface area (TPSA) is 154 Å². The quantitative estimate of drug-likeness (QED) is 0.134. The number of hydrogen-bond acceptors (Lipinski definition) is 10. The molecule has 2 saturated heterocycles. The molecule has 4 amide bonds. The summed E-state index contributed by atoms with van der Waals surface area (Å²) in [4.78, 5) is 57.6. The molecule has 2 fully saturated rings. The Morgan fingerprint density at radius 1 is 0.821 bits per heavy atom. The van der Waals surface area contributed by atoms with Crippen LogP contribution in [0.4, 0.5) is 5.69 Å². The smallest absolute Gasteiger partial charge is 0.262 e. The van der Waals surface area contributed by atoms with Gasteiger partial charge in [-0.05, 0) is 83.5 Å². The fourth-order valence-corrected chi connectivity index (χ4v) is 7.60. The van der Waals surface area contributed by atoms with Gasteiger partial charge in [-0.3, -0.25) is 34.3 Å². The fraction of sp³-hybridized carbons (Fsp3) is 0.279. The van der Waals surface area contributed by atoms with Gasteiger partial charge in [0.05, 0.1) is 17.7 Å². The Balaban J connectivity index is 0.821. The molecule has 0 radical (unpaired) electrons. The van der Waals surface area contributed by atoms with Gasteiger partial charge in [-0.25, -0.2) is 0 Å². The van der Waals surface area contributed by atoms with Crippen molar-refractivity contribution in [2.24, 2.45) is 0 Å². The normalized spacial score (nSPS) is 17.7. The lowest BCUT2D eigenvalue weighted by Gasteiger charge is -2.36. The van der Waals surface area contributed by atoms with Crippen molar-refractivity contribution in [2.75, 3.05) is 37.6 Å². The van der Waals surface area contributed by atoms with Crippen LogP contribution in [0, 0.1) is 0 Å². The Labute approximate surface area is 324 Å². The molecule has 0 aliphatic carbocycles. The van der Waals surface area contributed by atoms with E-state index in [1.54, 1.807) is 29.1 Å². The lowest BCUT2D eigenvalue weighted by molar-refractivity contribution is -0.136. The first kappa shape index (κ1) is 36.5. The molecule has 4 heterocycles. The zero-order valence-corrected chi connectivity index (χ0v) is 30.9. The molecule has 56 heavy (non-hydrogen) atoms. The molecule has 13 nitrogen and oxygen atoms in total. The molecule has 3 aliphatic rings. The number of aromatic nitrogens is 4. The monoisotopic (exact) mass is 750 g/mol. The average Bonchev–Trinajstić information content (AvgIpc) is 3.79. The number of tetrazole rings is 1. The Morgan fingerprint density at radius 3 is 2.32 bits per heavy atom. The Hall–Kier alpha value is -6.47. The van der Waals surface area contributed by atoms with Crippen LogP contribution in [0.15, 0.2) is 97.1 Å². The molecule has 8 rings (SSSR count). The Kier molecular flexibility index (Phi) is 10.5. The number of rotatable bonds is 12. The second-order valence-corrected chi connectivity index (χ2v) is 14.4. The summed E-state index contributed by atoms with van der Waals surface area (Å²) in [5.41, 5.74) is 7.01. The standard InChI is InChI=1S/C43H42N8O5/c52-35-16-10-29(11-17-35)7-14-33(31-5-2-1-3-6-31)27-30-8-12-32(13-9-30)40-45-47-50(46-40)22-4-21-48-23-25-49(26-24-48)34-15-18-36-37(28-34)43(56)51(42(36)55)38-19-20-39(53)44-41(38)54/h1-3,5-6,8-13,15-18,27-28,38,52H,4,7,14,19-26H2,(H,44,53,54)/b33-27+. The first-order chi connectivity index (χ1) is 27.3. The molecule has 0 spiro atoms. The predicted octanol–water partition coefficient (Wildman–Crippen LogP) is 4.83. The molecule has 5 aromatic rings. The van der Waals surface area contributed by atoms with E-state index >= 15 is 0 Å². The maximum atomic E-state index is 13.3. The molecule has 1 aromatic heterocycles. The van der Waals surface area contributed by atoms with E-state index in [0.29, 0.717) is 17.9 Å². The number of aryl methyl sites for hydroxylation is 2. The second kappa shape index (κ2) is 16.1. The van der Waals surface area contributed by atoms with Gasteiger partial charge in [0.15, 0.2) is 0 Å². The number of carbonyl (C=O) groups excluding carboxylic acids is 4. The molecule has 0 saturated carbocycles. The van der Waals surface area contributed by atoms with Gasteiger partial charge in [0.2, 0.25) is 17.6 Å². The highest BCUT2D eigenvalue weighted by atomic mass is 16.3. The van der Waals surface area contributed by atoms with Crippen LogP contribution in [0.5, 0.6) is 5.75 Å². The van der Waals surface area contributed by atoms with E-state index in [9.17, 15) is 24.3 Å². The summed E-state index contributed by atoms with van der Waals surface area (Å²) < 4.78 is 0. The molecular formula is C43H42N8O5. The summed E-state index contributed by atoms with van der Waals surface area (Å²) >= 11 is 0. The number of piperidine rings is 1. The van der Waals surface area contributed by atoms with E-state index in [1.807, 2.05) is 36.4 Å².